The molecule has 1 aliphatic rings. The third-order valence-corrected chi connectivity index (χ3v) is 10.1. The number of rotatable bonds is 5. The van der Waals surface area contributed by atoms with Crippen LogP contribution in [0.1, 0.15) is 27.2 Å². The van der Waals surface area contributed by atoms with Gasteiger partial charge in [-0.05, 0) is 15.4 Å². The van der Waals surface area contributed by atoms with Gasteiger partial charge in [-0.1, -0.05) is 81.4 Å². The van der Waals surface area contributed by atoms with Crippen LogP contribution in [0.25, 0.3) is 0 Å². The maximum Gasteiger partial charge on any atom is 0.261 e. The fourth-order valence-corrected chi connectivity index (χ4v) is 8.51. The maximum absolute atomic E-state index is 13.6. The SMILES string of the molecule is CC(C)(C)[Si](OC[C@@H]1CC(F)(F)CN1)(c1ccccc1)c1ccccc1. The van der Waals surface area contributed by atoms with Gasteiger partial charge in [-0.25, -0.2) is 8.78 Å². The molecule has 1 N–H and O–H groups in total. The molecule has 1 saturated heterocycles. The van der Waals surface area contributed by atoms with Gasteiger partial charge in [-0.2, -0.15) is 0 Å². The Morgan fingerprint density at radius 3 is 1.88 bits per heavy atom. The molecule has 3 rings (SSSR count). The zero-order chi connectivity index (χ0) is 18.8. The second kappa shape index (κ2) is 7.22. The zero-order valence-corrected chi connectivity index (χ0v) is 16.6. The van der Waals surface area contributed by atoms with E-state index in [0.717, 1.165) is 0 Å². The summed E-state index contributed by atoms with van der Waals surface area (Å²) in [7, 11) is -2.65. The van der Waals surface area contributed by atoms with E-state index in [-0.39, 0.29) is 24.0 Å². The highest BCUT2D eigenvalue weighted by Gasteiger charge is 2.51. The number of alkyl halides is 2. The van der Waals surface area contributed by atoms with Crippen molar-refractivity contribution < 1.29 is 13.2 Å². The Bertz CT molecular complexity index is 676. The van der Waals surface area contributed by atoms with Crippen molar-refractivity contribution in [2.45, 2.75) is 44.2 Å². The molecule has 2 aromatic rings. The number of halogens is 2. The predicted molar refractivity (Wildman–Crippen MR) is 105 cm³/mol. The fraction of sp³-hybridized carbons (Fsp3) is 0.429. The second-order valence-electron chi connectivity index (χ2n) is 8.11. The molecule has 1 fully saturated rings. The lowest BCUT2D eigenvalue weighted by atomic mass is 10.2. The first-order valence-electron chi connectivity index (χ1n) is 9.11. The topological polar surface area (TPSA) is 21.3 Å². The summed E-state index contributed by atoms with van der Waals surface area (Å²) in [6.07, 6.45) is -0.162. The van der Waals surface area contributed by atoms with E-state index < -0.39 is 14.2 Å². The molecule has 2 nitrogen and oxygen atoms in total. The quantitative estimate of drug-likeness (QED) is 0.807. The second-order valence-corrected chi connectivity index (χ2v) is 12.4. The highest BCUT2D eigenvalue weighted by molar-refractivity contribution is 6.99. The van der Waals surface area contributed by atoms with E-state index in [1.807, 2.05) is 36.4 Å². The molecule has 26 heavy (non-hydrogen) atoms. The summed E-state index contributed by atoms with van der Waals surface area (Å²) in [6, 6.07) is 20.2. The van der Waals surface area contributed by atoms with Crippen LogP contribution in [0, 0.1) is 0 Å². The summed E-state index contributed by atoms with van der Waals surface area (Å²) in [4.78, 5) is 0. The van der Waals surface area contributed by atoms with Crippen LogP contribution in [-0.2, 0) is 4.43 Å². The van der Waals surface area contributed by atoms with E-state index in [4.69, 9.17) is 4.43 Å². The first kappa shape index (κ1) is 19.2. The minimum absolute atomic E-state index is 0.142. The van der Waals surface area contributed by atoms with E-state index in [0.29, 0.717) is 6.61 Å². The van der Waals surface area contributed by atoms with Crippen molar-refractivity contribution >= 4 is 18.7 Å². The van der Waals surface area contributed by atoms with Gasteiger partial charge < -0.3 is 9.74 Å². The molecule has 1 aliphatic heterocycles. The minimum atomic E-state index is -2.65. The van der Waals surface area contributed by atoms with Crippen molar-refractivity contribution in [3.05, 3.63) is 60.7 Å². The summed E-state index contributed by atoms with van der Waals surface area (Å²) in [5, 5.41) is 5.12. The summed E-state index contributed by atoms with van der Waals surface area (Å²) in [6.45, 7) is 6.60. The zero-order valence-electron chi connectivity index (χ0n) is 15.6. The normalized spacial score (nSPS) is 20.3. The van der Waals surface area contributed by atoms with Crippen molar-refractivity contribution in [1.82, 2.24) is 5.32 Å². The molecule has 140 valence electrons. The van der Waals surface area contributed by atoms with Crippen molar-refractivity contribution in [2.75, 3.05) is 13.2 Å². The lowest BCUT2D eigenvalue weighted by molar-refractivity contribution is 0.0194. The molecule has 1 atom stereocenters. The first-order valence-corrected chi connectivity index (χ1v) is 11.0. The Morgan fingerprint density at radius 1 is 1.00 bits per heavy atom. The van der Waals surface area contributed by atoms with Crippen LogP contribution in [0.4, 0.5) is 8.78 Å². The van der Waals surface area contributed by atoms with Gasteiger partial charge in [0.2, 0.25) is 0 Å². The highest BCUT2D eigenvalue weighted by Crippen LogP contribution is 2.37. The maximum atomic E-state index is 13.6. The smallest absolute Gasteiger partial charge is 0.261 e. The third-order valence-electron chi connectivity index (χ3n) is 5.11. The van der Waals surface area contributed by atoms with Crippen molar-refractivity contribution in [2.24, 2.45) is 0 Å². The van der Waals surface area contributed by atoms with Gasteiger partial charge in [0.1, 0.15) is 0 Å². The number of hydrogen-bond acceptors (Lipinski definition) is 2. The third kappa shape index (κ3) is 3.75. The number of benzene rings is 2. The lowest BCUT2D eigenvalue weighted by Gasteiger charge is -2.43. The molecular weight excluding hydrogens is 348 g/mol. The summed E-state index contributed by atoms with van der Waals surface area (Å²) in [5.41, 5.74) is 0. The minimum Gasteiger partial charge on any atom is -0.406 e. The van der Waals surface area contributed by atoms with Gasteiger partial charge in [0.15, 0.2) is 0 Å². The summed E-state index contributed by atoms with van der Waals surface area (Å²) >= 11 is 0. The van der Waals surface area contributed by atoms with Crippen LogP contribution < -0.4 is 15.7 Å². The van der Waals surface area contributed by atoms with Gasteiger partial charge >= 0.3 is 0 Å². The van der Waals surface area contributed by atoms with Crippen LogP contribution in [0.5, 0.6) is 0 Å². The Kier molecular flexibility index (Phi) is 5.33. The largest absolute Gasteiger partial charge is 0.406 e. The van der Waals surface area contributed by atoms with Gasteiger partial charge in [-0.15, -0.1) is 0 Å². The Labute approximate surface area is 155 Å². The van der Waals surface area contributed by atoms with Crippen LogP contribution in [0.3, 0.4) is 0 Å². The average Bonchev–Trinajstić information content (AvgIpc) is 2.95. The number of nitrogens with one attached hydrogen (secondary N) is 1. The molecule has 0 spiro atoms. The van der Waals surface area contributed by atoms with E-state index >= 15 is 0 Å². The van der Waals surface area contributed by atoms with Crippen LogP contribution >= 0.6 is 0 Å². The first-order chi connectivity index (χ1) is 12.2. The van der Waals surface area contributed by atoms with Crippen LogP contribution in [-0.4, -0.2) is 33.4 Å². The molecule has 0 saturated carbocycles. The van der Waals surface area contributed by atoms with Crippen molar-refractivity contribution in [3.63, 3.8) is 0 Å². The molecule has 0 amide bonds. The van der Waals surface area contributed by atoms with E-state index in [1.54, 1.807) is 0 Å². The highest BCUT2D eigenvalue weighted by atomic mass is 28.4. The Hall–Kier alpha value is -1.56. The van der Waals surface area contributed by atoms with Crippen molar-refractivity contribution in [3.8, 4) is 0 Å². The van der Waals surface area contributed by atoms with Gasteiger partial charge in [0.25, 0.3) is 14.2 Å². The summed E-state index contributed by atoms with van der Waals surface area (Å²) < 4.78 is 33.9. The fourth-order valence-electron chi connectivity index (χ4n) is 3.90. The van der Waals surface area contributed by atoms with E-state index in [1.165, 1.54) is 10.4 Å². The van der Waals surface area contributed by atoms with Gasteiger partial charge in [0.05, 0.1) is 13.2 Å². The molecule has 0 unspecified atom stereocenters. The molecule has 1 heterocycles. The number of hydrogen-bond donors (Lipinski definition) is 1. The summed E-state index contributed by atoms with van der Waals surface area (Å²) in [5.74, 6) is -2.64. The molecular formula is C21H27F2NOSi. The Morgan fingerprint density at radius 2 is 1.50 bits per heavy atom. The van der Waals surface area contributed by atoms with Crippen molar-refractivity contribution in [1.29, 1.82) is 0 Å². The average molecular weight is 376 g/mol. The molecule has 2 aromatic carbocycles. The molecule has 0 bridgehead atoms. The van der Waals surface area contributed by atoms with Gasteiger partial charge in [-0.3, -0.25) is 0 Å². The van der Waals surface area contributed by atoms with E-state index in [9.17, 15) is 8.78 Å². The Balaban J connectivity index is 2.01. The van der Waals surface area contributed by atoms with E-state index in [2.05, 4.69) is 50.4 Å². The molecule has 0 radical (unpaired) electrons. The van der Waals surface area contributed by atoms with Crippen LogP contribution in [0.15, 0.2) is 60.7 Å². The molecule has 0 aromatic heterocycles. The monoisotopic (exact) mass is 375 g/mol. The lowest BCUT2D eigenvalue weighted by Crippen LogP contribution is -2.67. The predicted octanol–water partition coefficient (Wildman–Crippen LogP) is 3.56. The molecule has 5 heteroatoms. The standard InChI is InChI=1S/C21H27F2NOSi/c1-20(2,3)26(18-10-6-4-7-11-18,19-12-8-5-9-13-19)25-15-17-14-21(22,23)16-24-17/h4-13,17,24H,14-16H2,1-3H3/t17-/m0/s1. The van der Waals surface area contributed by atoms with Crippen LogP contribution in [0.2, 0.25) is 5.04 Å². The molecule has 0 aliphatic carbocycles. The van der Waals surface area contributed by atoms with Gasteiger partial charge in [0, 0.05) is 12.5 Å².